The maximum absolute atomic E-state index is 12.3. The molecule has 0 radical (unpaired) electrons. The number of carbonyl (C=O) groups excluding carboxylic acids is 4. The van der Waals surface area contributed by atoms with E-state index in [-0.39, 0.29) is 42.6 Å². The highest BCUT2D eigenvalue weighted by Gasteiger charge is 2.24. The Morgan fingerprint density at radius 3 is 1.80 bits per heavy atom. The first-order chi connectivity index (χ1) is 18.9. The van der Waals surface area contributed by atoms with E-state index in [0.717, 1.165) is 11.1 Å². The summed E-state index contributed by atoms with van der Waals surface area (Å²) in [5, 5.41) is 5.51. The predicted octanol–water partition coefficient (Wildman–Crippen LogP) is 4.00. The maximum atomic E-state index is 12.3. The van der Waals surface area contributed by atoms with Crippen molar-refractivity contribution in [2.75, 3.05) is 53.0 Å². The second kappa shape index (κ2) is 15.1. The molecule has 0 atom stereocenters. The number of aryl methyl sites for hydroxylation is 2. The number of nitrogens with zero attached hydrogens (tertiary/aromatic N) is 2. The SMILES string of the molecule is COC(OC)N(C)C.Cc1ccc2c(c1)NC(=O)C/C(=C/N(C)C)C2=O.Cc1ccc2c(c1)NC(=O)CCC2=O. The number of amides is 2. The lowest BCUT2D eigenvalue weighted by Gasteiger charge is -2.19. The number of anilines is 2. The zero-order chi connectivity index (χ0) is 30.0. The van der Waals surface area contributed by atoms with E-state index in [0.29, 0.717) is 34.5 Å². The van der Waals surface area contributed by atoms with Crippen LogP contribution in [0.15, 0.2) is 48.2 Å². The molecule has 0 fully saturated rings. The molecule has 216 valence electrons. The van der Waals surface area contributed by atoms with Gasteiger partial charge in [-0.05, 0) is 63.3 Å². The second-order valence-electron chi connectivity index (χ2n) is 9.98. The normalized spacial score (nSPS) is 15.5. The molecular weight excluding hydrogens is 512 g/mol. The molecule has 10 heteroatoms. The summed E-state index contributed by atoms with van der Waals surface area (Å²) >= 11 is 0. The summed E-state index contributed by atoms with van der Waals surface area (Å²) in [5.41, 5.74) is 5.01. The number of carbonyl (C=O) groups is 4. The molecule has 0 spiro atoms. The van der Waals surface area contributed by atoms with Gasteiger partial charge < -0.3 is 25.0 Å². The first-order valence-electron chi connectivity index (χ1n) is 12.8. The quantitative estimate of drug-likeness (QED) is 0.432. The van der Waals surface area contributed by atoms with Crippen LogP contribution >= 0.6 is 0 Å². The molecule has 2 aromatic rings. The minimum atomic E-state index is -0.213. The number of nitrogens with one attached hydrogen (secondary N) is 2. The van der Waals surface area contributed by atoms with Gasteiger partial charge in [0, 0.05) is 64.1 Å². The molecule has 2 amide bonds. The number of hydrogen-bond donors (Lipinski definition) is 2. The van der Waals surface area contributed by atoms with Gasteiger partial charge in [0.2, 0.25) is 18.2 Å². The molecule has 2 aliphatic rings. The zero-order valence-electron chi connectivity index (χ0n) is 24.6. The Kier molecular flexibility index (Phi) is 12.2. The van der Waals surface area contributed by atoms with Crippen molar-refractivity contribution in [2.45, 2.75) is 39.5 Å². The van der Waals surface area contributed by atoms with Gasteiger partial charge in [0.15, 0.2) is 11.6 Å². The van der Waals surface area contributed by atoms with Gasteiger partial charge in [-0.1, -0.05) is 12.1 Å². The van der Waals surface area contributed by atoms with Crippen molar-refractivity contribution in [3.05, 3.63) is 70.4 Å². The summed E-state index contributed by atoms with van der Waals surface area (Å²) in [6, 6.07) is 11.0. The Hall–Kier alpha value is -3.86. The number of benzene rings is 2. The zero-order valence-corrected chi connectivity index (χ0v) is 24.6. The van der Waals surface area contributed by atoms with E-state index in [9.17, 15) is 19.2 Å². The third kappa shape index (κ3) is 9.41. The highest BCUT2D eigenvalue weighted by molar-refractivity contribution is 6.18. The van der Waals surface area contributed by atoms with E-state index in [1.807, 2.05) is 71.2 Å². The lowest BCUT2D eigenvalue weighted by atomic mass is 10.0. The fourth-order valence-electron chi connectivity index (χ4n) is 4.09. The van der Waals surface area contributed by atoms with Gasteiger partial charge in [0.05, 0.1) is 17.8 Å². The molecule has 0 saturated heterocycles. The van der Waals surface area contributed by atoms with Crippen molar-refractivity contribution < 1.29 is 28.7 Å². The summed E-state index contributed by atoms with van der Waals surface area (Å²) in [6.45, 7) is 3.86. The molecule has 2 aromatic carbocycles. The van der Waals surface area contributed by atoms with E-state index in [1.165, 1.54) is 0 Å². The summed E-state index contributed by atoms with van der Waals surface area (Å²) in [7, 11) is 10.6. The molecule has 0 unspecified atom stereocenters. The third-order valence-corrected chi connectivity index (χ3v) is 5.90. The Morgan fingerprint density at radius 2 is 1.30 bits per heavy atom. The summed E-state index contributed by atoms with van der Waals surface area (Å²) < 4.78 is 9.73. The smallest absolute Gasteiger partial charge is 0.229 e. The average Bonchev–Trinajstić information content (AvgIpc) is 3.08. The Morgan fingerprint density at radius 1 is 0.775 bits per heavy atom. The van der Waals surface area contributed by atoms with Crippen LogP contribution in [-0.2, 0) is 19.1 Å². The molecule has 0 bridgehead atoms. The largest absolute Gasteiger partial charge is 0.383 e. The van der Waals surface area contributed by atoms with Crippen molar-refractivity contribution in [1.29, 1.82) is 0 Å². The first kappa shape index (κ1) is 32.4. The standard InChI is InChI=1S/C14H16N2O2.C11H11NO2.C5H13NO2/c1-9-4-5-11-12(6-9)15-13(17)7-10(14(11)18)8-16(2)3;1-7-2-3-8-9(6-7)12-11(14)5-4-10(8)13;1-6(2)5(7-3)8-4/h4-6,8H,7H2,1-3H3,(H,15,17);2-3,6H,4-5H2,1H3,(H,12,14);5H,1-4H3/b10-8-;;. The van der Waals surface area contributed by atoms with Crippen LogP contribution in [0.2, 0.25) is 0 Å². The molecule has 4 rings (SSSR count). The van der Waals surface area contributed by atoms with E-state index in [2.05, 4.69) is 10.6 Å². The highest BCUT2D eigenvalue weighted by atomic mass is 16.7. The number of ether oxygens (including phenoxy) is 2. The number of rotatable bonds is 4. The van der Waals surface area contributed by atoms with Crippen molar-refractivity contribution in [1.82, 2.24) is 9.80 Å². The van der Waals surface area contributed by atoms with Gasteiger partial charge in [0.25, 0.3) is 0 Å². The maximum Gasteiger partial charge on any atom is 0.229 e. The van der Waals surface area contributed by atoms with Crippen LogP contribution in [0.5, 0.6) is 0 Å². The van der Waals surface area contributed by atoms with Crippen LogP contribution in [0.4, 0.5) is 11.4 Å². The van der Waals surface area contributed by atoms with E-state index < -0.39 is 0 Å². The van der Waals surface area contributed by atoms with Gasteiger partial charge in [-0.3, -0.25) is 24.1 Å². The monoisotopic (exact) mass is 552 g/mol. The van der Waals surface area contributed by atoms with Gasteiger partial charge in [0.1, 0.15) is 0 Å². The molecular formula is C30H40N4O6. The van der Waals surface area contributed by atoms with Crippen LogP contribution in [0.1, 0.15) is 51.1 Å². The van der Waals surface area contributed by atoms with Gasteiger partial charge in [-0.25, -0.2) is 0 Å². The number of Topliss-reactive ketones (excluding diaryl/α,β-unsaturated/α-hetero) is 2. The molecule has 0 aromatic heterocycles. The number of ketones is 2. The minimum Gasteiger partial charge on any atom is -0.383 e. The average molecular weight is 553 g/mol. The molecule has 10 nitrogen and oxygen atoms in total. The first-order valence-corrected chi connectivity index (χ1v) is 12.8. The Balaban J connectivity index is 0.000000227. The molecule has 0 saturated carbocycles. The fraction of sp³-hybridized carbons (Fsp3) is 0.400. The van der Waals surface area contributed by atoms with Crippen LogP contribution in [0.25, 0.3) is 0 Å². The van der Waals surface area contributed by atoms with Gasteiger partial charge >= 0.3 is 0 Å². The van der Waals surface area contributed by atoms with Crippen molar-refractivity contribution in [3.8, 4) is 0 Å². The predicted molar refractivity (Wildman–Crippen MR) is 155 cm³/mol. The summed E-state index contributed by atoms with van der Waals surface area (Å²) in [4.78, 5) is 50.5. The van der Waals surface area contributed by atoms with E-state index >= 15 is 0 Å². The molecule has 2 N–H and O–H groups in total. The van der Waals surface area contributed by atoms with Crippen LogP contribution in [0.3, 0.4) is 0 Å². The second-order valence-corrected chi connectivity index (χ2v) is 9.98. The lowest BCUT2D eigenvalue weighted by molar-refractivity contribution is -0.179. The van der Waals surface area contributed by atoms with Crippen molar-refractivity contribution in [3.63, 3.8) is 0 Å². The van der Waals surface area contributed by atoms with Crippen LogP contribution in [0, 0.1) is 13.8 Å². The number of fused-ring (bicyclic) bond motifs is 2. The Bertz CT molecular complexity index is 1260. The summed E-state index contributed by atoms with van der Waals surface area (Å²) in [5.74, 6) is -0.279. The summed E-state index contributed by atoms with van der Waals surface area (Å²) in [6.07, 6.45) is 2.20. The van der Waals surface area contributed by atoms with E-state index in [1.54, 1.807) is 37.5 Å². The third-order valence-electron chi connectivity index (χ3n) is 5.90. The minimum absolute atomic E-state index is 0.0401. The fourth-order valence-corrected chi connectivity index (χ4v) is 4.09. The van der Waals surface area contributed by atoms with Crippen molar-refractivity contribution >= 4 is 34.8 Å². The topological polar surface area (TPSA) is 117 Å². The van der Waals surface area contributed by atoms with Crippen LogP contribution < -0.4 is 10.6 Å². The molecule has 2 aliphatic heterocycles. The lowest BCUT2D eigenvalue weighted by Crippen LogP contribution is -2.30. The van der Waals surface area contributed by atoms with E-state index in [4.69, 9.17) is 9.47 Å². The van der Waals surface area contributed by atoms with Gasteiger partial charge in [-0.2, -0.15) is 0 Å². The van der Waals surface area contributed by atoms with Crippen molar-refractivity contribution in [2.24, 2.45) is 0 Å². The highest BCUT2D eigenvalue weighted by Crippen LogP contribution is 2.26. The van der Waals surface area contributed by atoms with Gasteiger partial charge in [-0.15, -0.1) is 0 Å². The molecule has 40 heavy (non-hydrogen) atoms. The Labute approximate surface area is 236 Å². The number of methoxy groups -OCH3 is 2. The molecule has 2 heterocycles. The molecule has 0 aliphatic carbocycles. The number of hydrogen-bond acceptors (Lipinski definition) is 8. The van der Waals surface area contributed by atoms with Crippen LogP contribution in [-0.4, -0.2) is 82.0 Å².